The third-order valence-corrected chi connectivity index (χ3v) is 5.83. The first-order valence-corrected chi connectivity index (χ1v) is 8.21. The normalized spacial score (nSPS) is 42.2. The van der Waals surface area contributed by atoms with E-state index in [-0.39, 0.29) is 0 Å². The minimum atomic E-state index is 0.821. The van der Waals surface area contributed by atoms with Crippen molar-refractivity contribution in [3.05, 3.63) is 0 Å². The van der Waals surface area contributed by atoms with Crippen molar-refractivity contribution < 1.29 is 0 Å². The lowest BCUT2D eigenvalue weighted by atomic mass is 9.79. The maximum atomic E-state index is 3.74. The summed E-state index contributed by atoms with van der Waals surface area (Å²) in [5.74, 6) is 2.86. The molecule has 0 spiro atoms. The van der Waals surface area contributed by atoms with Crippen molar-refractivity contribution in [1.29, 1.82) is 0 Å². The van der Waals surface area contributed by atoms with E-state index in [1.807, 2.05) is 0 Å². The van der Waals surface area contributed by atoms with Gasteiger partial charge in [-0.1, -0.05) is 13.8 Å². The molecule has 0 aromatic carbocycles. The van der Waals surface area contributed by atoms with E-state index in [2.05, 4.69) is 24.1 Å². The second-order valence-corrected chi connectivity index (χ2v) is 7.23. The Kier molecular flexibility index (Phi) is 3.95. The van der Waals surface area contributed by atoms with E-state index in [0.717, 1.165) is 29.8 Å². The molecule has 0 aromatic rings. The summed E-state index contributed by atoms with van der Waals surface area (Å²) in [5.41, 5.74) is 0. The van der Waals surface area contributed by atoms with Gasteiger partial charge in [-0.25, -0.2) is 0 Å². The maximum absolute atomic E-state index is 3.74. The van der Waals surface area contributed by atoms with Crippen LogP contribution in [0.4, 0.5) is 0 Å². The van der Waals surface area contributed by atoms with Gasteiger partial charge in [0.25, 0.3) is 0 Å². The fourth-order valence-electron chi connectivity index (χ4n) is 4.51. The SMILES string of the molecule is CC(C)C1CCC(N2C[C@@H]3CCCN[C@@H]3C2)CC1. The molecule has 2 heteroatoms. The van der Waals surface area contributed by atoms with E-state index in [4.69, 9.17) is 0 Å². The Morgan fingerprint density at radius 2 is 1.78 bits per heavy atom. The Morgan fingerprint density at radius 1 is 1.00 bits per heavy atom. The van der Waals surface area contributed by atoms with Gasteiger partial charge < -0.3 is 5.32 Å². The van der Waals surface area contributed by atoms with Gasteiger partial charge in [-0.05, 0) is 62.8 Å². The van der Waals surface area contributed by atoms with E-state index in [1.165, 1.54) is 58.2 Å². The van der Waals surface area contributed by atoms with Crippen molar-refractivity contribution in [1.82, 2.24) is 10.2 Å². The number of hydrogen-bond donors (Lipinski definition) is 1. The first kappa shape index (κ1) is 12.9. The highest BCUT2D eigenvalue weighted by Crippen LogP contribution is 2.35. The molecular formula is C16H30N2. The molecule has 3 rings (SSSR count). The fourth-order valence-corrected chi connectivity index (χ4v) is 4.51. The average Bonchev–Trinajstić information content (AvgIpc) is 2.82. The lowest BCUT2D eigenvalue weighted by molar-refractivity contribution is 0.142. The number of hydrogen-bond acceptors (Lipinski definition) is 2. The van der Waals surface area contributed by atoms with Crippen LogP contribution in [0.3, 0.4) is 0 Å². The minimum Gasteiger partial charge on any atom is -0.312 e. The summed E-state index contributed by atoms with van der Waals surface area (Å²) >= 11 is 0. The van der Waals surface area contributed by atoms with Crippen molar-refractivity contribution in [2.75, 3.05) is 19.6 Å². The molecule has 0 unspecified atom stereocenters. The van der Waals surface area contributed by atoms with E-state index < -0.39 is 0 Å². The highest BCUT2D eigenvalue weighted by Gasteiger charge is 2.38. The second-order valence-electron chi connectivity index (χ2n) is 7.23. The quantitative estimate of drug-likeness (QED) is 0.811. The van der Waals surface area contributed by atoms with Crippen LogP contribution >= 0.6 is 0 Å². The number of fused-ring (bicyclic) bond motifs is 1. The molecule has 2 saturated heterocycles. The highest BCUT2D eigenvalue weighted by atomic mass is 15.2. The van der Waals surface area contributed by atoms with Crippen LogP contribution in [0.25, 0.3) is 0 Å². The second kappa shape index (κ2) is 5.50. The number of nitrogens with one attached hydrogen (secondary N) is 1. The zero-order valence-corrected chi connectivity index (χ0v) is 12.2. The molecule has 0 radical (unpaired) electrons. The molecule has 2 atom stereocenters. The maximum Gasteiger partial charge on any atom is 0.0235 e. The van der Waals surface area contributed by atoms with E-state index in [9.17, 15) is 0 Å². The third kappa shape index (κ3) is 2.60. The number of likely N-dealkylation sites (tertiary alicyclic amines) is 1. The summed E-state index contributed by atoms with van der Waals surface area (Å²) in [6.45, 7) is 8.78. The molecule has 104 valence electrons. The summed E-state index contributed by atoms with van der Waals surface area (Å²) in [5, 5.41) is 3.74. The van der Waals surface area contributed by atoms with Gasteiger partial charge >= 0.3 is 0 Å². The van der Waals surface area contributed by atoms with Gasteiger partial charge in [0.1, 0.15) is 0 Å². The van der Waals surface area contributed by atoms with Crippen molar-refractivity contribution in [2.24, 2.45) is 17.8 Å². The molecule has 0 bridgehead atoms. The predicted molar refractivity (Wildman–Crippen MR) is 76.7 cm³/mol. The zero-order valence-electron chi connectivity index (χ0n) is 12.2. The van der Waals surface area contributed by atoms with Crippen LogP contribution in [0, 0.1) is 17.8 Å². The van der Waals surface area contributed by atoms with Gasteiger partial charge in [0.2, 0.25) is 0 Å². The first-order valence-electron chi connectivity index (χ1n) is 8.21. The summed E-state index contributed by atoms with van der Waals surface area (Å²) in [6, 6.07) is 1.73. The van der Waals surface area contributed by atoms with Crippen LogP contribution in [0.5, 0.6) is 0 Å². The van der Waals surface area contributed by atoms with Gasteiger partial charge in [0.15, 0.2) is 0 Å². The smallest absolute Gasteiger partial charge is 0.0235 e. The fraction of sp³-hybridized carbons (Fsp3) is 1.00. The highest BCUT2D eigenvalue weighted by molar-refractivity contribution is 4.95. The van der Waals surface area contributed by atoms with Crippen LogP contribution < -0.4 is 5.32 Å². The molecule has 1 saturated carbocycles. The van der Waals surface area contributed by atoms with E-state index >= 15 is 0 Å². The lowest BCUT2D eigenvalue weighted by Gasteiger charge is -2.36. The standard InChI is InChI=1S/C16H30N2/c1-12(2)13-5-7-15(8-6-13)18-10-14-4-3-9-17-16(14)11-18/h12-17H,3-11H2,1-2H3/t13?,14-,15?,16+/m0/s1. The third-order valence-electron chi connectivity index (χ3n) is 5.83. The van der Waals surface area contributed by atoms with E-state index in [0.29, 0.717) is 0 Å². The molecule has 0 amide bonds. The van der Waals surface area contributed by atoms with Gasteiger partial charge in [-0.3, -0.25) is 4.90 Å². The molecular weight excluding hydrogens is 220 g/mol. The molecule has 1 aliphatic carbocycles. The van der Waals surface area contributed by atoms with E-state index in [1.54, 1.807) is 0 Å². The van der Waals surface area contributed by atoms with Gasteiger partial charge in [0.05, 0.1) is 0 Å². The summed E-state index contributed by atoms with van der Waals surface area (Å²) in [4.78, 5) is 2.82. The van der Waals surface area contributed by atoms with Crippen LogP contribution in [0.2, 0.25) is 0 Å². The van der Waals surface area contributed by atoms with Crippen LogP contribution in [-0.4, -0.2) is 36.6 Å². The Balaban J connectivity index is 1.51. The number of rotatable bonds is 2. The molecule has 1 N–H and O–H groups in total. The summed E-state index contributed by atoms with van der Waals surface area (Å²) < 4.78 is 0. The molecule has 2 aliphatic heterocycles. The van der Waals surface area contributed by atoms with Crippen LogP contribution in [0.15, 0.2) is 0 Å². The minimum absolute atomic E-state index is 0.821. The van der Waals surface area contributed by atoms with Gasteiger partial charge in [-0.15, -0.1) is 0 Å². The largest absolute Gasteiger partial charge is 0.312 e. The predicted octanol–water partition coefficient (Wildman–Crippen LogP) is 2.89. The molecule has 3 fully saturated rings. The van der Waals surface area contributed by atoms with Gasteiger partial charge in [-0.2, -0.15) is 0 Å². The number of nitrogens with zero attached hydrogens (tertiary/aromatic N) is 1. The Morgan fingerprint density at radius 3 is 2.44 bits per heavy atom. The van der Waals surface area contributed by atoms with Crippen LogP contribution in [0.1, 0.15) is 52.4 Å². The lowest BCUT2D eigenvalue weighted by Crippen LogP contribution is -2.42. The van der Waals surface area contributed by atoms with Crippen molar-refractivity contribution >= 4 is 0 Å². The molecule has 2 heterocycles. The topological polar surface area (TPSA) is 15.3 Å². The monoisotopic (exact) mass is 250 g/mol. The average molecular weight is 250 g/mol. The van der Waals surface area contributed by atoms with Gasteiger partial charge in [0, 0.05) is 25.2 Å². The molecule has 18 heavy (non-hydrogen) atoms. The molecule has 2 nitrogen and oxygen atoms in total. The van der Waals surface area contributed by atoms with Crippen molar-refractivity contribution in [3.8, 4) is 0 Å². The Bertz CT molecular complexity index is 254. The molecule has 3 aliphatic rings. The zero-order chi connectivity index (χ0) is 12.5. The van der Waals surface area contributed by atoms with Crippen molar-refractivity contribution in [2.45, 2.75) is 64.5 Å². The van der Waals surface area contributed by atoms with Crippen molar-refractivity contribution in [3.63, 3.8) is 0 Å². The molecule has 0 aromatic heterocycles. The summed E-state index contributed by atoms with van der Waals surface area (Å²) in [6.07, 6.45) is 8.73. The summed E-state index contributed by atoms with van der Waals surface area (Å²) in [7, 11) is 0. The Hall–Kier alpha value is -0.0800. The Labute approximate surface area is 113 Å². The first-order chi connectivity index (χ1) is 8.74. The number of piperidine rings is 1. The van der Waals surface area contributed by atoms with Crippen LogP contribution in [-0.2, 0) is 0 Å².